The van der Waals surface area contributed by atoms with E-state index in [9.17, 15) is 17.6 Å². The van der Waals surface area contributed by atoms with Gasteiger partial charge < -0.3 is 10.1 Å². The minimum absolute atomic E-state index is 0.0535. The number of sulfonamides is 1. The number of ether oxygens (including phenoxy) is 1. The van der Waals surface area contributed by atoms with Gasteiger partial charge in [-0.15, -0.1) is 0 Å². The van der Waals surface area contributed by atoms with Gasteiger partial charge in [0.2, 0.25) is 10.0 Å². The molecule has 8 heteroatoms. The Labute approximate surface area is 204 Å². The molecule has 0 aromatic heterocycles. The third kappa shape index (κ3) is 4.94. The molecule has 2 aliphatic rings. The molecule has 0 spiro atoms. The second-order valence-corrected chi connectivity index (χ2v) is 10.9. The number of aryl methyl sites for hydroxylation is 2. The van der Waals surface area contributed by atoms with Crippen LogP contribution in [0.25, 0.3) is 0 Å². The van der Waals surface area contributed by atoms with Crippen LogP contribution in [0, 0.1) is 5.82 Å². The van der Waals surface area contributed by atoms with Crippen molar-refractivity contribution < 1.29 is 22.3 Å². The fourth-order valence-corrected chi connectivity index (χ4v) is 6.11. The Balaban J connectivity index is 1.35. The van der Waals surface area contributed by atoms with Crippen molar-refractivity contribution in [2.45, 2.75) is 43.7 Å². The smallest absolute Gasteiger partial charge is 0.251 e. The molecule has 1 aliphatic carbocycles. The quantitative estimate of drug-likeness (QED) is 0.576. The van der Waals surface area contributed by atoms with Gasteiger partial charge in [-0.2, -0.15) is 4.31 Å². The number of nitrogens with zero attached hydrogens (tertiary/aromatic N) is 1. The number of benzene rings is 3. The average molecular weight is 495 g/mol. The van der Waals surface area contributed by atoms with Crippen LogP contribution in [0.2, 0.25) is 0 Å². The maximum absolute atomic E-state index is 13.9. The van der Waals surface area contributed by atoms with Crippen molar-refractivity contribution in [2.24, 2.45) is 0 Å². The van der Waals surface area contributed by atoms with E-state index in [0.717, 1.165) is 31.2 Å². The molecule has 1 aliphatic heterocycles. The summed E-state index contributed by atoms with van der Waals surface area (Å²) in [6.45, 7) is 0.583. The summed E-state index contributed by atoms with van der Waals surface area (Å²) < 4.78 is 48.1. The largest absolute Gasteiger partial charge is 0.492 e. The van der Waals surface area contributed by atoms with Crippen molar-refractivity contribution in [3.05, 3.63) is 94.3 Å². The molecule has 182 valence electrons. The van der Waals surface area contributed by atoms with E-state index in [0.29, 0.717) is 27.3 Å². The third-order valence-corrected chi connectivity index (χ3v) is 8.46. The number of halogens is 1. The van der Waals surface area contributed by atoms with Crippen LogP contribution in [-0.4, -0.2) is 31.8 Å². The van der Waals surface area contributed by atoms with Crippen LogP contribution in [0.4, 0.5) is 4.39 Å². The zero-order valence-corrected chi connectivity index (χ0v) is 20.1. The highest BCUT2D eigenvalue weighted by Gasteiger charge is 2.29. The first kappa shape index (κ1) is 23.5. The molecule has 0 bridgehead atoms. The lowest BCUT2D eigenvalue weighted by Gasteiger charge is -2.22. The predicted molar refractivity (Wildman–Crippen MR) is 130 cm³/mol. The van der Waals surface area contributed by atoms with Crippen LogP contribution < -0.4 is 10.1 Å². The van der Waals surface area contributed by atoms with Crippen molar-refractivity contribution >= 4 is 15.9 Å². The zero-order chi connectivity index (χ0) is 24.4. The molecule has 0 radical (unpaired) electrons. The minimum Gasteiger partial charge on any atom is -0.492 e. The summed E-state index contributed by atoms with van der Waals surface area (Å²) in [5.74, 6) is -0.200. The van der Waals surface area contributed by atoms with E-state index in [2.05, 4.69) is 5.32 Å². The second-order valence-electron chi connectivity index (χ2n) is 8.92. The first-order chi connectivity index (χ1) is 16.9. The average Bonchev–Trinajstić information content (AvgIpc) is 3.10. The molecule has 6 nitrogen and oxygen atoms in total. The summed E-state index contributed by atoms with van der Waals surface area (Å²) in [6.07, 6.45) is 4.09. The fraction of sp³-hybridized carbons (Fsp3) is 0.296. The van der Waals surface area contributed by atoms with E-state index >= 15 is 0 Å². The number of amides is 1. The van der Waals surface area contributed by atoms with Crippen molar-refractivity contribution in [3.8, 4) is 5.75 Å². The molecular weight excluding hydrogens is 467 g/mol. The zero-order valence-electron chi connectivity index (χ0n) is 19.3. The van der Waals surface area contributed by atoms with Gasteiger partial charge in [-0.3, -0.25) is 4.79 Å². The maximum atomic E-state index is 13.9. The van der Waals surface area contributed by atoms with E-state index < -0.39 is 10.0 Å². The molecule has 1 heterocycles. The summed E-state index contributed by atoms with van der Waals surface area (Å²) in [5.41, 5.74) is 3.70. The van der Waals surface area contributed by atoms with Gasteiger partial charge in [0.05, 0.1) is 4.90 Å². The number of fused-ring (bicyclic) bond motifs is 2. The summed E-state index contributed by atoms with van der Waals surface area (Å²) in [5, 5.41) is 2.72. The Morgan fingerprint density at radius 3 is 2.60 bits per heavy atom. The van der Waals surface area contributed by atoms with Gasteiger partial charge in [0.1, 0.15) is 18.2 Å². The Kier molecular flexibility index (Phi) is 6.58. The Bertz CT molecular complexity index is 1370. The SMILES string of the molecule is O=C(NCc1ccccc1F)c1ccc2c(c1)CN(S(=O)(=O)c1ccc3c(c1)CCCC3)CCO2. The highest BCUT2D eigenvalue weighted by molar-refractivity contribution is 7.89. The van der Waals surface area contributed by atoms with Crippen molar-refractivity contribution in [3.63, 3.8) is 0 Å². The number of nitrogens with one attached hydrogen (secondary N) is 1. The molecular formula is C27H27FN2O4S. The molecule has 3 aromatic carbocycles. The maximum Gasteiger partial charge on any atom is 0.251 e. The van der Waals surface area contributed by atoms with E-state index in [1.54, 1.807) is 42.5 Å². The second kappa shape index (κ2) is 9.79. The highest BCUT2D eigenvalue weighted by atomic mass is 32.2. The van der Waals surface area contributed by atoms with E-state index in [4.69, 9.17) is 4.74 Å². The van der Waals surface area contributed by atoms with E-state index in [1.165, 1.54) is 15.9 Å². The summed E-state index contributed by atoms with van der Waals surface area (Å²) in [4.78, 5) is 13.0. The van der Waals surface area contributed by atoms with Crippen LogP contribution in [0.1, 0.15) is 45.5 Å². The van der Waals surface area contributed by atoms with Crippen molar-refractivity contribution in [1.82, 2.24) is 9.62 Å². The first-order valence-corrected chi connectivity index (χ1v) is 13.2. The monoisotopic (exact) mass is 494 g/mol. The number of carbonyl (C=O) groups excluding carboxylic acids is 1. The molecule has 1 amide bonds. The molecule has 35 heavy (non-hydrogen) atoms. The summed E-state index contributed by atoms with van der Waals surface area (Å²) in [6, 6.07) is 16.7. The van der Waals surface area contributed by atoms with E-state index in [1.807, 2.05) is 12.1 Å². The molecule has 0 fully saturated rings. The van der Waals surface area contributed by atoms with Crippen LogP contribution in [0.5, 0.6) is 5.75 Å². The van der Waals surface area contributed by atoms with Gasteiger partial charge in [0.25, 0.3) is 5.91 Å². The van der Waals surface area contributed by atoms with Crippen LogP contribution in [-0.2, 0) is 36.0 Å². The fourth-order valence-electron chi connectivity index (χ4n) is 4.66. The first-order valence-electron chi connectivity index (χ1n) is 11.8. The topological polar surface area (TPSA) is 75.7 Å². The molecule has 3 aromatic rings. The van der Waals surface area contributed by atoms with Crippen LogP contribution >= 0.6 is 0 Å². The number of hydrogen-bond donors (Lipinski definition) is 1. The van der Waals surface area contributed by atoms with Gasteiger partial charge in [-0.25, -0.2) is 12.8 Å². The minimum atomic E-state index is -3.73. The van der Waals surface area contributed by atoms with Gasteiger partial charge in [-0.05, 0) is 73.2 Å². The molecule has 1 N–H and O–H groups in total. The molecule has 5 rings (SSSR count). The Morgan fingerprint density at radius 2 is 1.77 bits per heavy atom. The predicted octanol–water partition coefficient (Wildman–Crippen LogP) is 4.22. The number of carbonyl (C=O) groups is 1. The summed E-state index contributed by atoms with van der Waals surface area (Å²) in [7, 11) is -3.73. The van der Waals surface area contributed by atoms with Gasteiger partial charge in [0, 0.05) is 36.3 Å². The normalized spacial score (nSPS) is 15.9. The third-order valence-electron chi connectivity index (χ3n) is 6.62. The van der Waals surface area contributed by atoms with Gasteiger partial charge in [0.15, 0.2) is 0 Å². The van der Waals surface area contributed by atoms with Crippen molar-refractivity contribution in [2.75, 3.05) is 13.2 Å². The Hall–Kier alpha value is -3.23. The molecule has 0 saturated carbocycles. The van der Waals surface area contributed by atoms with Crippen LogP contribution in [0.15, 0.2) is 65.6 Å². The number of rotatable bonds is 5. The lowest BCUT2D eigenvalue weighted by atomic mass is 9.92. The van der Waals surface area contributed by atoms with Gasteiger partial charge in [-0.1, -0.05) is 24.3 Å². The number of hydrogen-bond acceptors (Lipinski definition) is 4. The molecule has 0 saturated heterocycles. The standard InChI is InChI=1S/C27H27FN2O4S/c28-25-8-4-3-7-22(25)17-29-27(31)21-10-12-26-23(15-21)18-30(13-14-34-26)35(32,33)24-11-9-19-5-1-2-6-20(19)16-24/h3-4,7-12,15-16H,1-2,5-6,13-14,17-18H2,(H,29,31). The molecule has 0 atom stereocenters. The lowest BCUT2D eigenvalue weighted by Crippen LogP contribution is -2.32. The lowest BCUT2D eigenvalue weighted by molar-refractivity contribution is 0.0950. The van der Waals surface area contributed by atoms with Crippen molar-refractivity contribution in [1.29, 1.82) is 0 Å². The Morgan fingerprint density at radius 1 is 0.971 bits per heavy atom. The molecule has 0 unspecified atom stereocenters. The van der Waals surface area contributed by atoms with Crippen LogP contribution in [0.3, 0.4) is 0 Å². The van der Waals surface area contributed by atoms with E-state index in [-0.39, 0.29) is 38.0 Å². The highest BCUT2D eigenvalue weighted by Crippen LogP contribution is 2.30. The van der Waals surface area contributed by atoms with Gasteiger partial charge >= 0.3 is 0 Å². The summed E-state index contributed by atoms with van der Waals surface area (Å²) >= 11 is 0.